The molecule has 0 spiro atoms. The Bertz CT molecular complexity index is 293. The summed E-state index contributed by atoms with van der Waals surface area (Å²) in [6.45, 7) is 0. The molecule has 0 aliphatic carbocycles. The third kappa shape index (κ3) is 3.39. The molecule has 0 saturated carbocycles. The largest absolute Gasteiger partial charge is 0.481 e. The number of methoxy groups -OCH3 is 1. The molecule has 0 aromatic carbocycles. The van der Waals surface area contributed by atoms with E-state index in [2.05, 4.69) is 17.6 Å². The Hall–Kier alpha value is -0.410. The normalized spacial score (nSPS) is 10.2. The highest BCUT2D eigenvalue weighted by Crippen LogP contribution is 2.19. The third-order valence-corrected chi connectivity index (χ3v) is 2.61. The van der Waals surface area contributed by atoms with Gasteiger partial charge in [-0.15, -0.1) is 0 Å². The SMILES string of the molecule is COc1ccc(CCCCS)c(Cl)n1. The second kappa shape index (κ2) is 6.14. The van der Waals surface area contributed by atoms with E-state index < -0.39 is 0 Å². The Labute approximate surface area is 95.0 Å². The highest BCUT2D eigenvalue weighted by Gasteiger charge is 2.03. The van der Waals surface area contributed by atoms with Crippen LogP contribution in [0.3, 0.4) is 0 Å². The lowest BCUT2D eigenvalue weighted by Crippen LogP contribution is -1.93. The van der Waals surface area contributed by atoms with Crippen LogP contribution < -0.4 is 4.74 Å². The number of thiol groups is 1. The summed E-state index contributed by atoms with van der Waals surface area (Å²) in [5.41, 5.74) is 1.08. The van der Waals surface area contributed by atoms with Gasteiger partial charge in [-0.3, -0.25) is 0 Å². The van der Waals surface area contributed by atoms with Crippen LogP contribution in [-0.2, 0) is 6.42 Å². The maximum atomic E-state index is 5.98. The van der Waals surface area contributed by atoms with Crippen LogP contribution in [0.25, 0.3) is 0 Å². The first-order valence-corrected chi connectivity index (χ1v) is 5.59. The average Bonchev–Trinajstić information content (AvgIpc) is 2.20. The van der Waals surface area contributed by atoms with E-state index >= 15 is 0 Å². The molecule has 78 valence electrons. The van der Waals surface area contributed by atoms with Gasteiger partial charge < -0.3 is 4.74 Å². The lowest BCUT2D eigenvalue weighted by atomic mass is 10.1. The fraction of sp³-hybridized carbons (Fsp3) is 0.500. The number of ether oxygens (including phenoxy) is 1. The molecule has 0 N–H and O–H groups in total. The number of hydrogen-bond acceptors (Lipinski definition) is 3. The van der Waals surface area contributed by atoms with Crippen molar-refractivity contribution in [3.8, 4) is 5.88 Å². The minimum absolute atomic E-state index is 0.545. The Kier molecular flexibility index (Phi) is 5.12. The Morgan fingerprint density at radius 1 is 1.43 bits per heavy atom. The molecule has 1 aromatic heterocycles. The molecule has 0 aliphatic heterocycles. The zero-order valence-electron chi connectivity index (χ0n) is 8.16. The highest BCUT2D eigenvalue weighted by molar-refractivity contribution is 7.80. The van der Waals surface area contributed by atoms with Gasteiger partial charge in [0.15, 0.2) is 0 Å². The molecule has 1 heterocycles. The number of aromatic nitrogens is 1. The van der Waals surface area contributed by atoms with E-state index in [1.54, 1.807) is 7.11 Å². The van der Waals surface area contributed by atoms with Crippen molar-refractivity contribution in [3.05, 3.63) is 22.8 Å². The summed E-state index contributed by atoms with van der Waals surface area (Å²) < 4.78 is 4.97. The molecule has 0 fully saturated rings. The molecule has 0 atom stereocenters. The van der Waals surface area contributed by atoms with Gasteiger partial charge in [-0.2, -0.15) is 12.6 Å². The van der Waals surface area contributed by atoms with Crippen LogP contribution in [0.4, 0.5) is 0 Å². The van der Waals surface area contributed by atoms with Crippen molar-refractivity contribution < 1.29 is 4.74 Å². The van der Waals surface area contributed by atoms with Crippen molar-refractivity contribution >= 4 is 24.2 Å². The van der Waals surface area contributed by atoms with Crippen LogP contribution in [0.2, 0.25) is 5.15 Å². The lowest BCUT2D eigenvalue weighted by Gasteiger charge is -2.04. The molecule has 1 rings (SSSR count). The van der Waals surface area contributed by atoms with E-state index in [1.165, 1.54) is 0 Å². The molecule has 14 heavy (non-hydrogen) atoms. The van der Waals surface area contributed by atoms with Crippen LogP contribution in [0, 0.1) is 0 Å². The van der Waals surface area contributed by atoms with Crippen molar-refractivity contribution in [2.24, 2.45) is 0 Å². The van der Waals surface area contributed by atoms with Crippen molar-refractivity contribution in [2.45, 2.75) is 19.3 Å². The van der Waals surface area contributed by atoms with E-state index in [0.717, 1.165) is 30.6 Å². The summed E-state index contributed by atoms with van der Waals surface area (Å²) in [4.78, 5) is 4.09. The Morgan fingerprint density at radius 3 is 2.79 bits per heavy atom. The van der Waals surface area contributed by atoms with Crippen molar-refractivity contribution in [3.63, 3.8) is 0 Å². The molecule has 0 radical (unpaired) electrons. The molecular weight excluding hydrogens is 218 g/mol. The molecule has 4 heteroatoms. The minimum atomic E-state index is 0.545. The van der Waals surface area contributed by atoms with Crippen LogP contribution in [0.1, 0.15) is 18.4 Å². The van der Waals surface area contributed by atoms with Gasteiger partial charge >= 0.3 is 0 Å². The van der Waals surface area contributed by atoms with Crippen LogP contribution in [-0.4, -0.2) is 17.8 Å². The number of rotatable bonds is 5. The topological polar surface area (TPSA) is 22.1 Å². The molecule has 1 aromatic rings. The Balaban J connectivity index is 2.59. The van der Waals surface area contributed by atoms with Gasteiger partial charge in [-0.25, -0.2) is 4.98 Å². The number of nitrogens with zero attached hydrogens (tertiary/aromatic N) is 1. The molecule has 0 amide bonds. The van der Waals surface area contributed by atoms with Gasteiger partial charge in [-0.05, 0) is 30.6 Å². The maximum absolute atomic E-state index is 5.98. The first-order chi connectivity index (χ1) is 6.77. The van der Waals surface area contributed by atoms with E-state index in [4.69, 9.17) is 16.3 Å². The van der Waals surface area contributed by atoms with E-state index in [-0.39, 0.29) is 0 Å². The smallest absolute Gasteiger partial charge is 0.214 e. The van der Waals surface area contributed by atoms with Gasteiger partial charge in [0.1, 0.15) is 5.15 Å². The minimum Gasteiger partial charge on any atom is -0.481 e. The number of pyridine rings is 1. The first kappa shape index (κ1) is 11.7. The van der Waals surface area contributed by atoms with E-state index in [1.807, 2.05) is 12.1 Å². The van der Waals surface area contributed by atoms with Gasteiger partial charge in [0.2, 0.25) is 5.88 Å². The summed E-state index contributed by atoms with van der Waals surface area (Å²) in [6.07, 6.45) is 3.15. The van der Waals surface area contributed by atoms with Crippen molar-refractivity contribution in [1.82, 2.24) is 4.98 Å². The fourth-order valence-electron chi connectivity index (χ4n) is 1.17. The highest BCUT2D eigenvalue weighted by atomic mass is 35.5. The van der Waals surface area contributed by atoms with Crippen molar-refractivity contribution in [2.75, 3.05) is 12.9 Å². The quantitative estimate of drug-likeness (QED) is 0.478. The monoisotopic (exact) mass is 231 g/mol. The lowest BCUT2D eigenvalue weighted by molar-refractivity contribution is 0.397. The van der Waals surface area contributed by atoms with Gasteiger partial charge in [0.25, 0.3) is 0 Å². The predicted octanol–water partition coefficient (Wildman–Crippen LogP) is 3.00. The average molecular weight is 232 g/mol. The second-order valence-corrected chi connectivity index (χ2v) is 3.79. The van der Waals surface area contributed by atoms with Gasteiger partial charge in [-0.1, -0.05) is 17.7 Å². The molecule has 2 nitrogen and oxygen atoms in total. The van der Waals surface area contributed by atoms with E-state index in [0.29, 0.717) is 11.0 Å². The summed E-state index contributed by atoms with van der Waals surface area (Å²) in [5.74, 6) is 1.48. The zero-order chi connectivity index (χ0) is 10.4. The van der Waals surface area contributed by atoms with Crippen LogP contribution in [0.5, 0.6) is 5.88 Å². The van der Waals surface area contributed by atoms with Crippen molar-refractivity contribution in [1.29, 1.82) is 0 Å². The first-order valence-electron chi connectivity index (χ1n) is 4.58. The summed E-state index contributed by atoms with van der Waals surface area (Å²) in [7, 11) is 1.58. The second-order valence-electron chi connectivity index (χ2n) is 2.98. The summed E-state index contributed by atoms with van der Waals surface area (Å²) in [5, 5.41) is 0.545. The maximum Gasteiger partial charge on any atom is 0.214 e. The number of unbranched alkanes of at least 4 members (excludes halogenated alkanes) is 1. The third-order valence-electron chi connectivity index (χ3n) is 1.96. The zero-order valence-corrected chi connectivity index (χ0v) is 9.81. The number of hydrogen-bond donors (Lipinski definition) is 1. The molecule has 0 bridgehead atoms. The molecule has 0 aliphatic rings. The van der Waals surface area contributed by atoms with Crippen LogP contribution in [0.15, 0.2) is 12.1 Å². The molecule has 0 unspecified atom stereocenters. The van der Waals surface area contributed by atoms with Gasteiger partial charge in [0.05, 0.1) is 7.11 Å². The fourth-order valence-corrected chi connectivity index (χ4v) is 1.64. The van der Waals surface area contributed by atoms with Crippen LogP contribution >= 0.6 is 24.2 Å². The summed E-state index contributed by atoms with van der Waals surface area (Å²) >= 11 is 10.1. The predicted molar refractivity (Wildman–Crippen MR) is 62.6 cm³/mol. The van der Waals surface area contributed by atoms with E-state index in [9.17, 15) is 0 Å². The molecular formula is C10H14ClNOS. The Morgan fingerprint density at radius 2 is 2.21 bits per heavy atom. The summed E-state index contributed by atoms with van der Waals surface area (Å²) in [6, 6.07) is 3.80. The molecule has 0 saturated heterocycles. The number of aryl methyl sites for hydroxylation is 1. The van der Waals surface area contributed by atoms with Gasteiger partial charge in [0, 0.05) is 6.07 Å². The number of halogens is 1. The standard InChI is InChI=1S/C10H14ClNOS/c1-13-9-6-5-8(10(11)12-9)4-2-3-7-14/h5-6,14H,2-4,7H2,1H3.